The number of rotatable bonds is 1. The van der Waals surface area contributed by atoms with E-state index in [1.807, 2.05) is 0 Å². The first-order valence-electron chi connectivity index (χ1n) is 3.04. The number of hydrogen-bond donors (Lipinski definition) is 3. The quantitative estimate of drug-likeness (QED) is 0.325. The Bertz CT molecular complexity index is 275. The molecule has 0 fully saturated rings. The van der Waals surface area contributed by atoms with Crippen LogP contribution in [-0.2, 0) is 0 Å². The predicted molar refractivity (Wildman–Crippen MR) is 47.1 cm³/mol. The van der Waals surface area contributed by atoms with E-state index in [4.69, 9.17) is 23.2 Å². The molecule has 0 aliphatic rings. The summed E-state index contributed by atoms with van der Waals surface area (Å²) in [5, 5.41) is 9.03. The molecule has 0 saturated heterocycles. The van der Waals surface area contributed by atoms with Crippen molar-refractivity contribution < 1.29 is 5.11 Å². The van der Waals surface area contributed by atoms with Crippen LogP contribution >= 0.6 is 12.2 Å². The first-order chi connectivity index (χ1) is 5.24. The maximum Gasteiger partial charge on any atom is 0.120 e. The van der Waals surface area contributed by atoms with Gasteiger partial charge >= 0.3 is 0 Å². The fourth-order valence-corrected chi connectivity index (χ4v) is 0.857. The van der Waals surface area contributed by atoms with Crippen LogP contribution in [0.4, 0.5) is 0 Å². The summed E-state index contributed by atoms with van der Waals surface area (Å²) in [5.74, 6) is 5.26. The fourth-order valence-electron chi connectivity index (χ4n) is 0.730. The Morgan fingerprint density at radius 1 is 1.55 bits per heavy atom. The van der Waals surface area contributed by atoms with E-state index >= 15 is 0 Å². The fraction of sp³-hybridized carbons (Fsp3) is 0. The molecule has 0 amide bonds. The molecule has 58 valence electrons. The SMILES string of the molecule is NNC(=S)c1cccc(O)c1. The van der Waals surface area contributed by atoms with Gasteiger partial charge in [0.25, 0.3) is 0 Å². The maximum absolute atomic E-state index is 9.03. The van der Waals surface area contributed by atoms with Crippen molar-refractivity contribution >= 4 is 17.2 Å². The van der Waals surface area contributed by atoms with Gasteiger partial charge in [0.1, 0.15) is 10.7 Å². The molecule has 11 heavy (non-hydrogen) atoms. The van der Waals surface area contributed by atoms with E-state index in [0.717, 1.165) is 0 Å². The number of nitrogens with two attached hydrogens (primary N) is 1. The first-order valence-corrected chi connectivity index (χ1v) is 3.45. The zero-order valence-corrected chi connectivity index (χ0v) is 6.56. The van der Waals surface area contributed by atoms with Crippen molar-refractivity contribution in [3.8, 4) is 5.75 Å². The van der Waals surface area contributed by atoms with E-state index in [1.165, 1.54) is 0 Å². The number of aromatic hydroxyl groups is 1. The third kappa shape index (κ3) is 1.89. The van der Waals surface area contributed by atoms with Crippen LogP contribution in [0.25, 0.3) is 0 Å². The van der Waals surface area contributed by atoms with Gasteiger partial charge in [0.2, 0.25) is 0 Å². The summed E-state index contributed by atoms with van der Waals surface area (Å²) < 4.78 is 0. The predicted octanol–water partition coefficient (Wildman–Crippen LogP) is 0.531. The smallest absolute Gasteiger partial charge is 0.120 e. The van der Waals surface area contributed by atoms with Crippen molar-refractivity contribution in [2.75, 3.05) is 0 Å². The Balaban J connectivity index is 2.96. The minimum atomic E-state index is 0.181. The third-order valence-corrected chi connectivity index (χ3v) is 1.59. The highest BCUT2D eigenvalue weighted by Gasteiger charge is 1.97. The lowest BCUT2D eigenvalue weighted by atomic mass is 10.2. The highest BCUT2D eigenvalue weighted by molar-refractivity contribution is 7.80. The lowest BCUT2D eigenvalue weighted by Crippen LogP contribution is -2.28. The molecule has 4 N–H and O–H groups in total. The largest absolute Gasteiger partial charge is 0.508 e. The highest BCUT2D eigenvalue weighted by Crippen LogP contribution is 2.10. The second-order valence-electron chi connectivity index (χ2n) is 2.02. The number of phenols is 1. The van der Waals surface area contributed by atoms with Crippen LogP contribution in [0, 0.1) is 0 Å². The summed E-state index contributed by atoms with van der Waals surface area (Å²) >= 11 is 4.83. The zero-order chi connectivity index (χ0) is 8.27. The van der Waals surface area contributed by atoms with E-state index in [1.54, 1.807) is 24.3 Å². The number of hydrogen-bond acceptors (Lipinski definition) is 3. The molecule has 0 aromatic heterocycles. The van der Waals surface area contributed by atoms with Gasteiger partial charge in [0, 0.05) is 5.56 Å². The van der Waals surface area contributed by atoms with Crippen LogP contribution in [0.15, 0.2) is 24.3 Å². The molecule has 0 unspecified atom stereocenters. The van der Waals surface area contributed by atoms with Crippen LogP contribution in [-0.4, -0.2) is 10.1 Å². The van der Waals surface area contributed by atoms with Gasteiger partial charge in [-0.25, -0.2) is 5.84 Å². The summed E-state index contributed by atoms with van der Waals surface area (Å²) in [7, 11) is 0. The number of thiocarbonyl (C=S) groups is 1. The molecule has 1 aromatic rings. The molecule has 0 aliphatic carbocycles. The van der Waals surface area contributed by atoms with E-state index in [2.05, 4.69) is 5.43 Å². The Labute approximate surface area is 69.8 Å². The zero-order valence-electron chi connectivity index (χ0n) is 5.74. The van der Waals surface area contributed by atoms with Crippen molar-refractivity contribution in [2.24, 2.45) is 5.84 Å². The Morgan fingerprint density at radius 3 is 2.82 bits per heavy atom. The summed E-state index contributed by atoms with van der Waals surface area (Å²) in [6, 6.07) is 6.58. The van der Waals surface area contributed by atoms with E-state index in [-0.39, 0.29) is 5.75 Å². The van der Waals surface area contributed by atoms with Crippen molar-refractivity contribution in [3.63, 3.8) is 0 Å². The molecule has 0 spiro atoms. The molecular formula is C7H8N2OS. The molecule has 0 radical (unpaired) electrons. The van der Waals surface area contributed by atoms with Gasteiger partial charge in [0.15, 0.2) is 0 Å². The highest BCUT2D eigenvalue weighted by atomic mass is 32.1. The molecule has 0 atom stereocenters. The van der Waals surface area contributed by atoms with Gasteiger partial charge in [0.05, 0.1) is 0 Å². The molecule has 1 rings (SSSR count). The Morgan fingerprint density at radius 2 is 2.27 bits per heavy atom. The molecule has 0 saturated carbocycles. The average Bonchev–Trinajstić information content (AvgIpc) is 2.03. The Kier molecular flexibility index (Phi) is 2.40. The van der Waals surface area contributed by atoms with Gasteiger partial charge in [-0.05, 0) is 12.1 Å². The minimum absolute atomic E-state index is 0.181. The topological polar surface area (TPSA) is 58.3 Å². The van der Waals surface area contributed by atoms with Gasteiger partial charge in [-0.15, -0.1) is 0 Å². The molecule has 0 aliphatic heterocycles. The molecular weight excluding hydrogens is 160 g/mol. The molecule has 1 aromatic carbocycles. The summed E-state index contributed by atoms with van der Waals surface area (Å²) in [4.78, 5) is 0.418. The van der Waals surface area contributed by atoms with Gasteiger partial charge < -0.3 is 10.5 Å². The van der Waals surface area contributed by atoms with Crippen LogP contribution < -0.4 is 11.3 Å². The average molecular weight is 168 g/mol. The van der Waals surface area contributed by atoms with Crippen molar-refractivity contribution in [1.82, 2.24) is 5.43 Å². The minimum Gasteiger partial charge on any atom is -0.508 e. The number of phenolic OH excluding ortho intramolecular Hbond substituents is 1. The van der Waals surface area contributed by atoms with Crippen molar-refractivity contribution in [2.45, 2.75) is 0 Å². The summed E-state index contributed by atoms with van der Waals surface area (Å²) in [6.45, 7) is 0. The maximum atomic E-state index is 9.03. The molecule has 3 nitrogen and oxygen atoms in total. The monoisotopic (exact) mass is 168 g/mol. The van der Waals surface area contributed by atoms with Gasteiger partial charge in [-0.2, -0.15) is 0 Å². The lowest BCUT2D eigenvalue weighted by molar-refractivity contribution is 0.475. The molecule has 4 heteroatoms. The van der Waals surface area contributed by atoms with Crippen LogP contribution in [0.5, 0.6) is 5.75 Å². The van der Waals surface area contributed by atoms with Crippen molar-refractivity contribution in [1.29, 1.82) is 0 Å². The number of benzene rings is 1. The van der Waals surface area contributed by atoms with E-state index in [9.17, 15) is 0 Å². The summed E-state index contributed by atoms with van der Waals surface area (Å²) in [5.41, 5.74) is 3.04. The van der Waals surface area contributed by atoms with E-state index in [0.29, 0.717) is 10.6 Å². The Hall–Kier alpha value is -1.13. The second-order valence-corrected chi connectivity index (χ2v) is 2.43. The van der Waals surface area contributed by atoms with E-state index < -0.39 is 0 Å². The first kappa shape index (κ1) is 7.97. The standard InChI is InChI=1S/C7H8N2OS/c8-9-7(11)5-2-1-3-6(10)4-5/h1-4,10H,8H2,(H,9,11). The van der Waals surface area contributed by atoms with Crippen molar-refractivity contribution in [3.05, 3.63) is 29.8 Å². The normalized spacial score (nSPS) is 9.18. The molecule has 0 bridgehead atoms. The summed E-state index contributed by atoms with van der Waals surface area (Å²) in [6.07, 6.45) is 0. The van der Waals surface area contributed by atoms with Gasteiger partial charge in [-0.3, -0.25) is 0 Å². The van der Waals surface area contributed by atoms with Gasteiger partial charge in [-0.1, -0.05) is 24.4 Å². The third-order valence-electron chi connectivity index (χ3n) is 1.24. The molecule has 0 heterocycles. The van der Waals surface area contributed by atoms with Crippen LogP contribution in [0.1, 0.15) is 5.56 Å². The lowest BCUT2D eigenvalue weighted by Gasteiger charge is -2.01. The van der Waals surface area contributed by atoms with Crippen LogP contribution in [0.3, 0.4) is 0 Å². The number of hydrazine groups is 1. The van der Waals surface area contributed by atoms with Crippen LogP contribution in [0.2, 0.25) is 0 Å². The number of nitrogens with one attached hydrogen (secondary N) is 1. The second kappa shape index (κ2) is 3.32.